The van der Waals surface area contributed by atoms with Crippen LogP contribution >= 0.6 is 0 Å². The number of carbonyl (C=O) groups is 1. The van der Waals surface area contributed by atoms with Gasteiger partial charge in [0.1, 0.15) is 0 Å². The van der Waals surface area contributed by atoms with Crippen LogP contribution in [-0.2, 0) is 0 Å². The standard InChI is InChI=1S/C13H18N2O2/c14-10-4-1-3-9(7-10)13(17)15-11-5-2-6-12(16)8-11/h1,3-4,7,11-12,16H,2,5-6,8,14H2,(H,15,17). The van der Waals surface area contributed by atoms with Crippen LogP contribution in [0, 0.1) is 0 Å². The fraction of sp³-hybridized carbons (Fsp3) is 0.462. The SMILES string of the molecule is Nc1cccc(C(=O)NC2CCCC(O)C2)c1. The average molecular weight is 234 g/mol. The Morgan fingerprint density at radius 2 is 2.24 bits per heavy atom. The zero-order chi connectivity index (χ0) is 12.3. The zero-order valence-electron chi connectivity index (χ0n) is 9.73. The first kappa shape index (κ1) is 11.9. The first-order valence-electron chi connectivity index (χ1n) is 5.99. The van der Waals surface area contributed by atoms with Crippen LogP contribution in [0.1, 0.15) is 36.0 Å². The molecule has 0 heterocycles. The topological polar surface area (TPSA) is 75.4 Å². The largest absolute Gasteiger partial charge is 0.399 e. The Labute approximate surface area is 101 Å². The minimum Gasteiger partial charge on any atom is -0.399 e. The lowest BCUT2D eigenvalue weighted by Crippen LogP contribution is -2.39. The molecule has 1 aliphatic rings. The Morgan fingerprint density at radius 1 is 1.41 bits per heavy atom. The van der Waals surface area contributed by atoms with Gasteiger partial charge in [0.2, 0.25) is 0 Å². The molecular formula is C13H18N2O2. The van der Waals surface area contributed by atoms with Gasteiger partial charge < -0.3 is 16.2 Å². The lowest BCUT2D eigenvalue weighted by Gasteiger charge is -2.26. The first-order chi connectivity index (χ1) is 8.15. The summed E-state index contributed by atoms with van der Waals surface area (Å²) in [6.45, 7) is 0. The van der Waals surface area contributed by atoms with Crippen LogP contribution in [-0.4, -0.2) is 23.2 Å². The van der Waals surface area contributed by atoms with Gasteiger partial charge in [0, 0.05) is 17.3 Å². The molecule has 4 N–H and O–H groups in total. The molecule has 2 atom stereocenters. The zero-order valence-corrected chi connectivity index (χ0v) is 9.73. The van der Waals surface area contributed by atoms with Gasteiger partial charge >= 0.3 is 0 Å². The molecule has 0 radical (unpaired) electrons. The molecule has 1 amide bonds. The number of nitrogen functional groups attached to an aromatic ring is 1. The highest BCUT2D eigenvalue weighted by atomic mass is 16.3. The molecule has 4 nitrogen and oxygen atoms in total. The van der Waals surface area contributed by atoms with Crippen LogP contribution in [0.5, 0.6) is 0 Å². The molecule has 0 aromatic heterocycles. The van der Waals surface area contributed by atoms with Gasteiger partial charge in [0.15, 0.2) is 0 Å². The number of nitrogens with two attached hydrogens (primary N) is 1. The molecule has 0 aliphatic heterocycles. The van der Waals surface area contributed by atoms with Crippen LogP contribution in [0.15, 0.2) is 24.3 Å². The van der Waals surface area contributed by atoms with Gasteiger partial charge in [0.05, 0.1) is 6.10 Å². The second kappa shape index (κ2) is 5.19. The summed E-state index contributed by atoms with van der Waals surface area (Å²) >= 11 is 0. The summed E-state index contributed by atoms with van der Waals surface area (Å²) in [5.74, 6) is -0.114. The summed E-state index contributed by atoms with van der Waals surface area (Å²) in [5, 5.41) is 12.5. The van der Waals surface area contributed by atoms with Crippen molar-refractivity contribution in [3.8, 4) is 0 Å². The summed E-state index contributed by atoms with van der Waals surface area (Å²) < 4.78 is 0. The Balaban J connectivity index is 1.97. The van der Waals surface area contributed by atoms with Gasteiger partial charge in [-0.2, -0.15) is 0 Å². The average Bonchev–Trinajstić information content (AvgIpc) is 2.29. The van der Waals surface area contributed by atoms with Gasteiger partial charge in [-0.05, 0) is 43.9 Å². The highest BCUT2D eigenvalue weighted by Gasteiger charge is 2.21. The van der Waals surface area contributed by atoms with Crippen molar-refractivity contribution < 1.29 is 9.90 Å². The van der Waals surface area contributed by atoms with Crippen LogP contribution in [0.4, 0.5) is 5.69 Å². The number of hydrogen-bond donors (Lipinski definition) is 3. The molecule has 92 valence electrons. The fourth-order valence-corrected chi connectivity index (χ4v) is 2.24. The maximum atomic E-state index is 11.9. The smallest absolute Gasteiger partial charge is 0.251 e. The second-order valence-corrected chi connectivity index (χ2v) is 4.62. The van der Waals surface area contributed by atoms with Crippen LogP contribution < -0.4 is 11.1 Å². The monoisotopic (exact) mass is 234 g/mol. The van der Waals surface area contributed by atoms with E-state index in [1.807, 2.05) is 0 Å². The van der Waals surface area contributed by atoms with E-state index in [9.17, 15) is 9.90 Å². The molecule has 1 aromatic carbocycles. The van der Waals surface area contributed by atoms with Gasteiger partial charge in [-0.1, -0.05) is 6.07 Å². The molecular weight excluding hydrogens is 216 g/mol. The van der Waals surface area contributed by atoms with Crippen molar-refractivity contribution in [1.29, 1.82) is 0 Å². The maximum absolute atomic E-state index is 11.9. The number of amides is 1. The Kier molecular flexibility index (Phi) is 3.64. The quantitative estimate of drug-likeness (QED) is 0.675. The molecule has 17 heavy (non-hydrogen) atoms. The van der Waals surface area contributed by atoms with E-state index in [1.165, 1.54) is 0 Å². The van der Waals surface area contributed by atoms with E-state index < -0.39 is 0 Å². The first-order valence-corrected chi connectivity index (χ1v) is 5.99. The highest BCUT2D eigenvalue weighted by molar-refractivity contribution is 5.95. The van der Waals surface area contributed by atoms with E-state index in [1.54, 1.807) is 24.3 Å². The van der Waals surface area contributed by atoms with Crippen molar-refractivity contribution in [2.75, 3.05) is 5.73 Å². The molecule has 2 unspecified atom stereocenters. The number of rotatable bonds is 2. The number of anilines is 1. The normalized spacial score (nSPS) is 24.3. The van der Waals surface area contributed by atoms with Gasteiger partial charge in [-0.15, -0.1) is 0 Å². The predicted molar refractivity (Wildman–Crippen MR) is 66.6 cm³/mol. The Morgan fingerprint density at radius 3 is 2.94 bits per heavy atom. The van der Waals surface area contributed by atoms with Crippen molar-refractivity contribution in [2.24, 2.45) is 0 Å². The molecule has 2 rings (SSSR count). The van der Waals surface area contributed by atoms with Crippen molar-refractivity contribution in [1.82, 2.24) is 5.32 Å². The molecule has 0 saturated heterocycles. The Hall–Kier alpha value is -1.55. The predicted octanol–water partition coefficient (Wildman–Crippen LogP) is 1.30. The number of aliphatic hydroxyl groups is 1. The van der Waals surface area contributed by atoms with Gasteiger partial charge in [-0.25, -0.2) is 0 Å². The Bertz CT molecular complexity index is 406. The van der Waals surface area contributed by atoms with Crippen molar-refractivity contribution >= 4 is 11.6 Å². The molecule has 4 heteroatoms. The molecule has 1 fully saturated rings. The minimum atomic E-state index is -0.283. The third-order valence-corrected chi connectivity index (χ3v) is 3.13. The molecule has 1 saturated carbocycles. The number of nitrogens with one attached hydrogen (secondary N) is 1. The summed E-state index contributed by atoms with van der Waals surface area (Å²) in [4.78, 5) is 11.9. The van der Waals surface area contributed by atoms with E-state index >= 15 is 0 Å². The number of benzene rings is 1. The van der Waals surface area contributed by atoms with E-state index in [-0.39, 0.29) is 18.1 Å². The third-order valence-electron chi connectivity index (χ3n) is 3.13. The van der Waals surface area contributed by atoms with Gasteiger partial charge in [-0.3, -0.25) is 4.79 Å². The second-order valence-electron chi connectivity index (χ2n) is 4.62. The summed E-state index contributed by atoms with van der Waals surface area (Å²) in [7, 11) is 0. The molecule has 0 spiro atoms. The highest BCUT2D eigenvalue weighted by Crippen LogP contribution is 2.18. The molecule has 0 bridgehead atoms. The van der Waals surface area contributed by atoms with Crippen LogP contribution in [0.25, 0.3) is 0 Å². The maximum Gasteiger partial charge on any atom is 0.251 e. The van der Waals surface area contributed by atoms with E-state index in [2.05, 4.69) is 5.32 Å². The van der Waals surface area contributed by atoms with Crippen LogP contribution in [0.2, 0.25) is 0 Å². The van der Waals surface area contributed by atoms with E-state index in [4.69, 9.17) is 5.73 Å². The van der Waals surface area contributed by atoms with Crippen molar-refractivity contribution in [3.63, 3.8) is 0 Å². The van der Waals surface area contributed by atoms with Crippen molar-refractivity contribution in [2.45, 2.75) is 37.8 Å². The fourth-order valence-electron chi connectivity index (χ4n) is 2.24. The summed E-state index contributed by atoms with van der Waals surface area (Å²) in [5.41, 5.74) is 6.79. The molecule has 1 aliphatic carbocycles. The van der Waals surface area contributed by atoms with E-state index in [0.29, 0.717) is 17.7 Å². The third kappa shape index (κ3) is 3.20. The van der Waals surface area contributed by atoms with Crippen LogP contribution in [0.3, 0.4) is 0 Å². The number of aliphatic hydroxyl groups excluding tert-OH is 1. The minimum absolute atomic E-state index is 0.0766. The molecule has 1 aromatic rings. The summed E-state index contributed by atoms with van der Waals surface area (Å²) in [6, 6.07) is 6.99. The number of hydrogen-bond acceptors (Lipinski definition) is 3. The van der Waals surface area contributed by atoms with Gasteiger partial charge in [0.25, 0.3) is 5.91 Å². The van der Waals surface area contributed by atoms with E-state index in [0.717, 1.165) is 19.3 Å². The number of carbonyl (C=O) groups excluding carboxylic acids is 1. The lowest BCUT2D eigenvalue weighted by molar-refractivity contribution is 0.0850. The summed E-state index contributed by atoms with van der Waals surface area (Å²) in [6.07, 6.45) is 3.10. The lowest BCUT2D eigenvalue weighted by atomic mass is 9.93. The van der Waals surface area contributed by atoms with Crippen molar-refractivity contribution in [3.05, 3.63) is 29.8 Å².